The lowest BCUT2D eigenvalue weighted by Gasteiger charge is -2.35. The van der Waals surface area contributed by atoms with E-state index in [1.807, 2.05) is 36.1 Å². The number of aryl methyl sites for hydroxylation is 1. The molecule has 1 aromatic carbocycles. The summed E-state index contributed by atoms with van der Waals surface area (Å²) >= 11 is 0. The molecule has 2 amide bonds. The number of nitrogens with one attached hydrogen (secondary N) is 1. The van der Waals surface area contributed by atoms with E-state index in [4.69, 9.17) is 4.74 Å². The first-order valence-corrected chi connectivity index (χ1v) is 6.43. The summed E-state index contributed by atoms with van der Waals surface area (Å²) in [4.78, 5) is 14.1. The third kappa shape index (κ3) is 2.82. The van der Waals surface area contributed by atoms with Gasteiger partial charge in [-0.05, 0) is 25.0 Å². The number of benzene rings is 1. The number of amides is 2. The highest BCUT2D eigenvalue weighted by molar-refractivity contribution is 5.90. The smallest absolute Gasteiger partial charge is 0.322 e. The van der Waals surface area contributed by atoms with Crippen LogP contribution in [0.1, 0.15) is 18.9 Å². The summed E-state index contributed by atoms with van der Waals surface area (Å²) in [7, 11) is 0. The van der Waals surface area contributed by atoms with Crippen molar-refractivity contribution in [1.82, 2.24) is 4.90 Å². The molecule has 18 heavy (non-hydrogen) atoms. The molecular weight excluding hydrogens is 228 g/mol. The van der Waals surface area contributed by atoms with Crippen molar-refractivity contribution in [2.24, 2.45) is 0 Å². The fourth-order valence-electron chi connectivity index (χ4n) is 2.16. The Labute approximate surface area is 108 Å². The number of anilines is 1. The largest absolute Gasteiger partial charge is 0.377 e. The average Bonchev–Trinajstić information content (AvgIpc) is 2.41. The molecule has 4 heteroatoms. The molecule has 0 bridgehead atoms. The van der Waals surface area contributed by atoms with E-state index in [1.54, 1.807) is 0 Å². The Bertz CT molecular complexity index is 420. The van der Waals surface area contributed by atoms with Crippen LogP contribution in [0.4, 0.5) is 10.5 Å². The minimum absolute atomic E-state index is 0.0283. The number of carbonyl (C=O) groups excluding carboxylic acids is 1. The molecule has 1 atom stereocenters. The Hall–Kier alpha value is -1.55. The SMILES string of the molecule is CCC1COCCN1C(=O)Nc1ccccc1C. The van der Waals surface area contributed by atoms with E-state index in [0.29, 0.717) is 19.8 Å². The van der Waals surface area contributed by atoms with Gasteiger partial charge in [0.1, 0.15) is 0 Å². The number of ether oxygens (including phenoxy) is 1. The van der Waals surface area contributed by atoms with Crippen molar-refractivity contribution in [2.75, 3.05) is 25.1 Å². The zero-order chi connectivity index (χ0) is 13.0. The molecule has 0 aliphatic carbocycles. The van der Waals surface area contributed by atoms with E-state index in [-0.39, 0.29) is 12.1 Å². The van der Waals surface area contributed by atoms with E-state index < -0.39 is 0 Å². The van der Waals surface area contributed by atoms with Gasteiger partial charge in [-0.1, -0.05) is 25.1 Å². The standard InChI is InChI=1S/C14H20N2O2/c1-3-12-10-18-9-8-16(12)14(17)15-13-7-5-4-6-11(13)2/h4-7,12H,3,8-10H2,1-2H3,(H,15,17). The van der Waals surface area contributed by atoms with Gasteiger partial charge in [-0.25, -0.2) is 4.79 Å². The third-order valence-corrected chi connectivity index (χ3v) is 3.35. The van der Waals surface area contributed by atoms with Gasteiger partial charge in [-0.15, -0.1) is 0 Å². The van der Waals surface area contributed by atoms with Gasteiger partial charge in [0.15, 0.2) is 0 Å². The van der Waals surface area contributed by atoms with Crippen molar-refractivity contribution >= 4 is 11.7 Å². The first-order chi connectivity index (χ1) is 8.72. The maximum absolute atomic E-state index is 12.2. The molecule has 1 heterocycles. The Kier molecular flexibility index (Phi) is 4.20. The fraction of sp³-hybridized carbons (Fsp3) is 0.500. The van der Waals surface area contributed by atoms with Crippen LogP contribution in [0.3, 0.4) is 0 Å². The Morgan fingerprint density at radius 3 is 3.00 bits per heavy atom. The molecule has 0 radical (unpaired) electrons. The Morgan fingerprint density at radius 2 is 2.28 bits per heavy atom. The number of nitrogens with zero attached hydrogens (tertiary/aromatic N) is 1. The van der Waals surface area contributed by atoms with E-state index in [9.17, 15) is 4.79 Å². The summed E-state index contributed by atoms with van der Waals surface area (Å²) in [5, 5.41) is 2.98. The zero-order valence-electron chi connectivity index (χ0n) is 11.0. The molecular formula is C14H20N2O2. The molecule has 1 saturated heterocycles. The molecule has 0 spiro atoms. The number of carbonyl (C=O) groups is 1. The maximum Gasteiger partial charge on any atom is 0.322 e. The van der Waals surface area contributed by atoms with Crippen molar-refractivity contribution in [1.29, 1.82) is 0 Å². The van der Waals surface area contributed by atoms with E-state index in [2.05, 4.69) is 12.2 Å². The Balaban J connectivity index is 2.05. The second-order valence-electron chi connectivity index (χ2n) is 4.58. The van der Waals surface area contributed by atoms with Crippen molar-refractivity contribution in [2.45, 2.75) is 26.3 Å². The van der Waals surface area contributed by atoms with Gasteiger partial charge >= 0.3 is 6.03 Å². The molecule has 1 aromatic rings. The van der Waals surface area contributed by atoms with Crippen LogP contribution in [0.2, 0.25) is 0 Å². The second-order valence-corrected chi connectivity index (χ2v) is 4.58. The molecule has 1 fully saturated rings. The van der Waals surface area contributed by atoms with E-state index in [1.165, 1.54) is 0 Å². The molecule has 0 saturated carbocycles. The summed E-state index contributed by atoms with van der Waals surface area (Å²) in [5.74, 6) is 0. The van der Waals surface area contributed by atoms with Crippen LogP contribution < -0.4 is 5.32 Å². The summed E-state index contributed by atoms with van der Waals surface area (Å²) in [6, 6.07) is 7.97. The highest BCUT2D eigenvalue weighted by atomic mass is 16.5. The molecule has 2 rings (SSSR count). The van der Waals surface area contributed by atoms with Crippen molar-refractivity contribution in [3.8, 4) is 0 Å². The molecule has 1 N–H and O–H groups in total. The van der Waals surface area contributed by atoms with Gasteiger partial charge in [-0.2, -0.15) is 0 Å². The molecule has 1 aliphatic heterocycles. The lowest BCUT2D eigenvalue weighted by Crippen LogP contribution is -2.50. The van der Waals surface area contributed by atoms with Gasteiger partial charge in [-0.3, -0.25) is 0 Å². The van der Waals surface area contributed by atoms with Crippen LogP contribution in [-0.2, 0) is 4.74 Å². The van der Waals surface area contributed by atoms with Gasteiger partial charge in [0.05, 0.1) is 19.3 Å². The predicted octanol–water partition coefficient (Wildman–Crippen LogP) is 2.64. The lowest BCUT2D eigenvalue weighted by atomic mass is 10.2. The lowest BCUT2D eigenvalue weighted by molar-refractivity contribution is 0.0144. The number of hydrogen-bond acceptors (Lipinski definition) is 2. The second kappa shape index (κ2) is 5.87. The number of morpholine rings is 1. The minimum atomic E-state index is -0.0283. The van der Waals surface area contributed by atoms with Crippen molar-refractivity contribution in [3.63, 3.8) is 0 Å². The van der Waals surface area contributed by atoms with Crippen LogP contribution in [0.25, 0.3) is 0 Å². The molecule has 1 aliphatic rings. The summed E-state index contributed by atoms with van der Waals surface area (Å²) in [6.45, 7) is 5.99. The maximum atomic E-state index is 12.2. The summed E-state index contributed by atoms with van der Waals surface area (Å²) in [6.07, 6.45) is 0.918. The van der Waals surface area contributed by atoms with Gasteiger partial charge < -0.3 is 15.0 Å². The highest BCUT2D eigenvalue weighted by Crippen LogP contribution is 2.16. The molecule has 0 aromatic heterocycles. The third-order valence-electron chi connectivity index (χ3n) is 3.35. The van der Waals surface area contributed by atoms with Crippen molar-refractivity contribution in [3.05, 3.63) is 29.8 Å². The zero-order valence-corrected chi connectivity index (χ0v) is 11.0. The Morgan fingerprint density at radius 1 is 1.50 bits per heavy atom. The number of para-hydroxylation sites is 1. The molecule has 98 valence electrons. The van der Waals surface area contributed by atoms with Crippen LogP contribution >= 0.6 is 0 Å². The predicted molar refractivity (Wildman–Crippen MR) is 71.8 cm³/mol. The molecule has 1 unspecified atom stereocenters. The topological polar surface area (TPSA) is 41.6 Å². The summed E-state index contributed by atoms with van der Waals surface area (Å²) in [5.41, 5.74) is 1.95. The summed E-state index contributed by atoms with van der Waals surface area (Å²) < 4.78 is 5.41. The first-order valence-electron chi connectivity index (χ1n) is 6.43. The first kappa shape index (κ1) is 12.9. The van der Waals surface area contributed by atoms with Gasteiger partial charge in [0.2, 0.25) is 0 Å². The average molecular weight is 248 g/mol. The van der Waals surface area contributed by atoms with E-state index in [0.717, 1.165) is 17.7 Å². The minimum Gasteiger partial charge on any atom is -0.377 e. The monoisotopic (exact) mass is 248 g/mol. The van der Waals surface area contributed by atoms with Gasteiger partial charge in [0, 0.05) is 12.2 Å². The number of hydrogen-bond donors (Lipinski definition) is 1. The highest BCUT2D eigenvalue weighted by Gasteiger charge is 2.25. The van der Waals surface area contributed by atoms with Gasteiger partial charge in [0.25, 0.3) is 0 Å². The quantitative estimate of drug-likeness (QED) is 0.874. The van der Waals surface area contributed by atoms with Crippen LogP contribution in [0.5, 0.6) is 0 Å². The normalized spacial score (nSPS) is 19.7. The fourth-order valence-corrected chi connectivity index (χ4v) is 2.16. The van der Waals surface area contributed by atoms with E-state index >= 15 is 0 Å². The number of urea groups is 1. The van der Waals surface area contributed by atoms with Crippen LogP contribution in [0, 0.1) is 6.92 Å². The van der Waals surface area contributed by atoms with Crippen molar-refractivity contribution < 1.29 is 9.53 Å². The van der Waals surface area contributed by atoms with Crippen LogP contribution in [-0.4, -0.2) is 36.7 Å². The molecule has 4 nitrogen and oxygen atoms in total. The van der Waals surface area contributed by atoms with Crippen LogP contribution in [0.15, 0.2) is 24.3 Å². The number of rotatable bonds is 2.